The number of aryl methyl sites for hydroxylation is 2. The molecule has 1 N–H and O–H groups in total. The zero-order valence-electron chi connectivity index (χ0n) is 20.2. The average Bonchev–Trinajstić information content (AvgIpc) is 3.16. The van der Waals surface area contributed by atoms with Crippen LogP contribution in [0.25, 0.3) is 21.9 Å². The van der Waals surface area contributed by atoms with Gasteiger partial charge in [-0.05, 0) is 36.6 Å². The first-order valence-electron chi connectivity index (χ1n) is 11.6. The van der Waals surface area contributed by atoms with Crippen LogP contribution in [0.5, 0.6) is 5.75 Å². The van der Waals surface area contributed by atoms with Gasteiger partial charge in [0.1, 0.15) is 17.8 Å². The molecule has 2 heterocycles. The summed E-state index contributed by atoms with van der Waals surface area (Å²) in [5, 5.41) is 3.51. The number of nitrogens with one attached hydrogen (secondary N) is 1. The Balaban J connectivity index is 1.85. The molecule has 0 saturated carbocycles. The third-order valence-electron chi connectivity index (χ3n) is 6.18. The largest absolute Gasteiger partial charge is 0.497 e. The summed E-state index contributed by atoms with van der Waals surface area (Å²) in [6, 6.07) is 15.1. The van der Waals surface area contributed by atoms with E-state index in [1.165, 1.54) is 9.13 Å². The summed E-state index contributed by atoms with van der Waals surface area (Å²) in [5.74, 6) is 0.291. The Kier molecular flexibility index (Phi) is 7.36. The zero-order chi connectivity index (χ0) is 24.9. The van der Waals surface area contributed by atoms with Crippen LogP contribution >= 0.6 is 0 Å². The van der Waals surface area contributed by atoms with Gasteiger partial charge in [-0.3, -0.25) is 18.7 Å². The lowest BCUT2D eigenvalue weighted by atomic mass is 10.1. The number of nitrogens with zero attached hydrogens (tertiary/aromatic N) is 3. The van der Waals surface area contributed by atoms with E-state index < -0.39 is 5.69 Å². The van der Waals surface area contributed by atoms with Gasteiger partial charge in [-0.15, -0.1) is 0 Å². The van der Waals surface area contributed by atoms with Gasteiger partial charge >= 0.3 is 5.69 Å². The zero-order valence-corrected chi connectivity index (χ0v) is 20.2. The number of hydrogen-bond donors (Lipinski definition) is 1. The molecule has 0 aliphatic carbocycles. The molecule has 2 aromatic carbocycles. The monoisotopic (exact) mass is 478 g/mol. The fourth-order valence-corrected chi connectivity index (χ4v) is 4.38. The first-order chi connectivity index (χ1) is 17.0. The first kappa shape index (κ1) is 24.3. The van der Waals surface area contributed by atoms with Crippen LogP contribution in [0.2, 0.25) is 0 Å². The molecule has 9 heteroatoms. The molecule has 2 aromatic heterocycles. The van der Waals surface area contributed by atoms with E-state index in [0.717, 1.165) is 11.1 Å². The summed E-state index contributed by atoms with van der Waals surface area (Å²) in [6.45, 7) is 0.960. The van der Waals surface area contributed by atoms with E-state index in [4.69, 9.17) is 9.47 Å². The molecule has 0 fully saturated rings. The standard InChI is InChI=1S/C26H30N4O5/c1-28-21-11-10-19(35-3)16-20(21)23-24(28)25(32)29(14-12-18-8-5-4-6-9-18)26(33)30(23)17-22(31)27-13-7-15-34-2/h4-6,8-11,16H,7,12-15,17H2,1-3H3,(H,27,31). The van der Waals surface area contributed by atoms with Crippen molar-refractivity contribution in [3.8, 4) is 5.75 Å². The highest BCUT2D eigenvalue weighted by Gasteiger charge is 2.22. The Morgan fingerprint density at radius 1 is 1.00 bits per heavy atom. The highest BCUT2D eigenvalue weighted by molar-refractivity contribution is 6.06. The minimum Gasteiger partial charge on any atom is -0.497 e. The Morgan fingerprint density at radius 2 is 1.77 bits per heavy atom. The summed E-state index contributed by atoms with van der Waals surface area (Å²) in [4.78, 5) is 40.0. The molecule has 0 atom stereocenters. The quantitative estimate of drug-likeness (QED) is 0.352. The van der Waals surface area contributed by atoms with Gasteiger partial charge in [-0.25, -0.2) is 4.79 Å². The van der Waals surface area contributed by atoms with Crippen molar-refractivity contribution in [3.05, 3.63) is 74.9 Å². The highest BCUT2D eigenvalue weighted by atomic mass is 16.5. The van der Waals surface area contributed by atoms with E-state index in [2.05, 4.69) is 5.32 Å². The number of carbonyl (C=O) groups excluding carboxylic acids is 1. The number of amides is 1. The molecule has 0 saturated heterocycles. The number of carbonyl (C=O) groups is 1. The molecule has 0 spiro atoms. The smallest absolute Gasteiger partial charge is 0.332 e. The second kappa shape index (κ2) is 10.6. The van der Waals surface area contributed by atoms with Gasteiger partial charge in [0.2, 0.25) is 5.91 Å². The number of hydrogen-bond acceptors (Lipinski definition) is 5. The summed E-state index contributed by atoms with van der Waals surface area (Å²) < 4.78 is 14.8. The molecular weight excluding hydrogens is 448 g/mol. The van der Waals surface area contributed by atoms with Crippen molar-refractivity contribution in [3.63, 3.8) is 0 Å². The minimum atomic E-state index is -0.513. The lowest BCUT2D eigenvalue weighted by molar-refractivity contribution is -0.121. The van der Waals surface area contributed by atoms with Crippen LogP contribution in [0.1, 0.15) is 12.0 Å². The molecule has 0 bridgehead atoms. The number of ether oxygens (including phenoxy) is 2. The van der Waals surface area contributed by atoms with Crippen LogP contribution < -0.4 is 21.3 Å². The Bertz CT molecular complexity index is 1470. The van der Waals surface area contributed by atoms with Crippen molar-refractivity contribution in [1.29, 1.82) is 0 Å². The maximum atomic E-state index is 13.6. The van der Waals surface area contributed by atoms with E-state index in [-0.39, 0.29) is 24.6 Å². The number of benzene rings is 2. The van der Waals surface area contributed by atoms with Gasteiger partial charge in [0.15, 0.2) is 0 Å². The molecule has 0 aliphatic heterocycles. The van der Waals surface area contributed by atoms with Gasteiger partial charge in [0.05, 0.1) is 18.1 Å². The summed E-state index contributed by atoms with van der Waals surface area (Å²) in [5.41, 5.74) is 1.69. The lowest BCUT2D eigenvalue weighted by Crippen LogP contribution is -2.43. The molecule has 0 radical (unpaired) electrons. The minimum absolute atomic E-state index is 0.204. The molecular formula is C26H30N4O5. The number of rotatable bonds is 10. The molecule has 9 nitrogen and oxygen atoms in total. The van der Waals surface area contributed by atoms with Crippen LogP contribution in [0.4, 0.5) is 0 Å². The normalized spacial score (nSPS) is 11.3. The third kappa shape index (κ3) is 4.85. The average molecular weight is 479 g/mol. The Labute approximate surface area is 202 Å². The van der Waals surface area contributed by atoms with Crippen LogP contribution in [0.3, 0.4) is 0 Å². The third-order valence-corrected chi connectivity index (χ3v) is 6.18. The molecule has 0 unspecified atom stereocenters. The van der Waals surface area contributed by atoms with Crippen molar-refractivity contribution in [2.45, 2.75) is 25.9 Å². The van der Waals surface area contributed by atoms with Gasteiger partial charge in [-0.1, -0.05) is 30.3 Å². The van der Waals surface area contributed by atoms with Crippen LogP contribution in [0.15, 0.2) is 58.1 Å². The van der Waals surface area contributed by atoms with Gasteiger partial charge in [0, 0.05) is 39.2 Å². The van der Waals surface area contributed by atoms with E-state index in [9.17, 15) is 14.4 Å². The second-order valence-corrected chi connectivity index (χ2v) is 8.40. The molecule has 1 amide bonds. The van der Waals surface area contributed by atoms with Crippen LogP contribution in [-0.4, -0.2) is 47.0 Å². The summed E-state index contributed by atoms with van der Waals surface area (Å²) in [7, 11) is 4.95. The molecule has 184 valence electrons. The fourth-order valence-electron chi connectivity index (χ4n) is 4.38. The van der Waals surface area contributed by atoms with Crippen molar-refractivity contribution in [2.24, 2.45) is 7.05 Å². The van der Waals surface area contributed by atoms with Gasteiger partial charge < -0.3 is 19.4 Å². The first-order valence-corrected chi connectivity index (χ1v) is 11.6. The molecule has 4 rings (SSSR count). The van der Waals surface area contributed by atoms with Gasteiger partial charge in [0.25, 0.3) is 5.56 Å². The fraction of sp³-hybridized carbons (Fsp3) is 0.346. The maximum absolute atomic E-state index is 13.6. The predicted molar refractivity (Wildman–Crippen MR) is 135 cm³/mol. The molecule has 4 aromatic rings. The topological polar surface area (TPSA) is 96.5 Å². The Morgan fingerprint density at radius 3 is 2.49 bits per heavy atom. The van der Waals surface area contributed by atoms with Gasteiger partial charge in [-0.2, -0.15) is 0 Å². The summed E-state index contributed by atoms with van der Waals surface area (Å²) >= 11 is 0. The van der Waals surface area contributed by atoms with E-state index in [0.29, 0.717) is 48.2 Å². The number of aromatic nitrogens is 3. The van der Waals surface area contributed by atoms with Crippen molar-refractivity contribution < 1.29 is 14.3 Å². The van der Waals surface area contributed by atoms with Crippen LogP contribution in [-0.2, 0) is 36.1 Å². The van der Waals surface area contributed by atoms with Crippen molar-refractivity contribution >= 4 is 27.8 Å². The van der Waals surface area contributed by atoms with E-state index in [1.54, 1.807) is 38.0 Å². The number of methoxy groups -OCH3 is 2. The highest BCUT2D eigenvalue weighted by Crippen LogP contribution is 2.29. The molecule has 35 heavy (non-hydrogen) atoms. The predicted octanol–water partition coefficient (Wildman–Crippen LogP) is 2.06. The second-order valence-electron chi connectivity index (χ2n) is 8.40. The van der Waals surface area contributed by atoms with Crippen LogP contribution in [0, 0.1) is 0 Å². The van der Waals surface area contributed by atoms with Crippen molar-refractivity contribution in [1.82, 2.24) is 19.0 Å². The van der Waals surface area contributed by atoms with Crippen molar-refractivity contribution in [2.75, 3.05) is 27.4 Å². The Hall–Kier alpha value is -3.85. The van der Waals surface area contributed by atoms with E-state index >= 15 is 0 Å². The number of fused-ring (bicyclic) bond motifs is 3. The molecule has 0 aliphatic rings. The lowest BCUT2D eigenvalue weighted by Gasteiger charge is -2.13. The van der Waals surface area contributed by atoms with E-state index in [1.807, 2.05) is 36.4 Å². The maximum Gasteiger partial charge on any atom is 0.332 e. The SMILES string of the molecule is COCCCNC(=O)Cn1c(=O)n(CCc2ccccc2)c(=O)c2c1c1cc(OC)ccc1n2C. The summed E-state index contributed by atoms with van der Waals surface area (Å²) in [6.07, 6.45) is 1.18.